The first-order valence-electron chi connectivity index (χ1n) is 32.0. The van der Waals surface area contributed by atoms with E-state index >= 15 is 0 Å². The molecule has 72 heavy (non-hydrogen) atoms. The van der Waals surface area contributed by atoms with Crippen LogP contribution in [-0.4, -0.2) is 37.2 Å². The summed E-state index contributed by atoms with van der Waals surface area (Å²) in [6.45, 7) is 6.68. The highest BCUT2D eigenvalue weighted by Gasteiger charge is 2.19. The van der Waals surface area contributed by atoms with Crippen molar-refractivity contribution in [2.75, 3.05) is 13.2 Å². The van der Waals surface area contributed by atoms with Gasteiger partial charge in [-0.3, -0.25) is 14.4 Å². The van der Waals surface area contributed by atoms with Crippen molar-refractivity contribution in [2.24, 2.45) is 0 Å². The van der Waals surface area contributed by atoms with Crippen LogP contribution in [-0.2, 0) is 28.6 Å². The molecule has 0 aliphatic heterocycles. The van der Waals surface area contributed by atoms with Crippen LogP contribution in [0, 0.1) is 0 Å². The zero-order chi connectivity index (χ0) is 52.2. The molecule has 0 amide bonds. The third kappa shape index (κ3) is 58.5. The van der Waals surface area contributed by atoms with Crippen LogP contribution in [0.1, 0.15) is 348 Å². The number of ether oxygens (including phenoxy) is 3. The van der Waals surface area contributed by atoms with Crippen molar-refractivity contribution >= 4 is 17.9 Å². The molecule has 0 heterocycles. The van der Waals surface area contributed by atoms with Crippen molar-refractivity contribution in [3.8, 4) is 0 Å². The predicted molar refractivity (Wildman–Crippen MR) is 312 cm³/mol. The van der Waals surface area contributed by atoms with E-state index in [1.807, 2.05) is 0 Å². The van der Waals surface area contributed by atoms with Crippen molar-refractivity contribution < 1.29 is 28.6 Å². The molecule has 0 aromatic carbocycles. The van der Waals surface area contributed by atoms with Crippen molar-refractivity contribution in [1.29, 1.82) is 0 Å². The number of carbonyl (C=O) groups excluding carboxylic acids is 3. The minimum atomic E-state index is -0.776. The van der Waals surface area contributed by atoms with Crippen LogP contribution in [0.15, 0.2) is 36.5 Å². The third-order valence-corrected chi connectivity index (χ3v) is 14.3. The molecule has 0 aromatic rings. The summed E-state index contributed by atoms with van der Waals surface area (Å²) in [5.74, 6) is -0.860. The van der Waals surface area contributed by atoms with Crippen LogP contribution in [0.2, 0.25) is 0 Å². The summed E-state index contributed by atoms with van der Waals surface area (Å²) in [6.07, 6.45) is 74.3. The topological polar surface area (TPSA) is 78.9 Å². The molecule has 0 aromatic heterocycles. The fourth-order valence-corrected chi connectivity index (χ4v) is 9.49. The summed E-state index contributed by atoms with van der Waals surface area (Å²) in [6, 6.07) is 0. The second kappa shape index (κ2) is 61.2. The molecule has 0 aliphatic carbocycles. The van der Waals surface area contributed by atoms with E-state index in [9.17, 15) is 14.4 Å². The highest BCUT2D eigenvalue weighted by Crippen LogP contribution is 2.17. The molecule has 422 valence electrons. The number of esters is 3. The lowest BCUT2D eigenvalue weighted by Gasteiger charge is -2.18. The van der Waals surface area contributed by atoms with Gasteiger partial charge in [-0.05, 0) is 96.3 Å². The molecule has 0 unspecified atom stereocenters. The van der Waals surface area contributed by atoms with Crippen LogP contribution >= 0.6 is 0 Å². The van der Waals surface area contributed by atoms with E-state index in [1.54, 1.807) is 0 Å². The first kappa shape index (κ1) is 69.6. The van der Waals surface area contributed by atoms with Gasteiger partial charge < -0.3 is 14.2 Å². The van der Waals surface area contributed by atoms with E-state index in [2.05, 4.69) is 57.2 Å². The fraction of sp³-hybridized carbons (Fsp3) is 0.864. The zero-order valence-electron chi connectivity index (χ0n) is 48.5. The van der Waals surface area contributed by atoms with Gasteiger partial charge in [-0.2, -0.15) is 0 Å². The summed E-state index contributed by atoms with van der Waals surface area (Å²) in [4.78, 5) is 38.3. The molecule has 0 N–H and O–H groups in total. The molecule has 0 radical (unpaired) electrons. The van der Waals surface area contributed by atoms with Gasteiger partial charge in [0.15, 0.2) is 6.10 Å². The van der Waals surface area contributed by atoms with Gasteiger partial charge in [0.25, 0.3) is 0 Å². The maximum absolute atomic E-state index is 12.9. The molecule has 0 saturated heterocycles. The van der Waals surface area contributed by atoms with Crippen molar-refractivity contribution in [2.45, 2.75) is 354 Å². The Bertz CT molecular complexity index is 1140. The van der Waals surface area contributed by atoms with E-state index in [0.29, 0.717) is 19.3 Å². The lowest BCUT2D eigenvalue weighted by molar-refractivity contribution is -0.167. The van der Waals surface area contributed by atoms with E-state index in [1.165, 1.54) is 250 Å². The summed E-state index contributed by atoms with van der Waals surface area (Å²) in [7, 11) is 0. The standard InChI is InChI=1S/C66H122O6/c1-4-7-10-13-16-19-22-25-28-31-34-37-40-43-46-49-52-55-58-64(67)70-61-63(72-66(69)60-57-54-51-48-45-42-39-36-33-30-27-24-21-18-15-12-9-6-3)62-71-65(68)59-56-53-50-47-44-41-38-35-32-29-26-23-20-17-14-11-8-5-2/h25-30,63H,4-24,31-62H2,1-3H3/b28-25+,29-26+,30-27+. The Kier molecular flexibility index (Phi) is 59.2. The van der Waals surface area contributed by atoms with Gasteiger partial charge in [0.05, 0.1) is 0 Å². The maximum atomic E-state index is 12.9. The predicted octanol–water partition coefficient (Wildman–Crippen LogP) is 21.6. The van der Waals surface area contributed by atoms with Gasteiger partial charge in [0.2, 0.25) is 0 Å². The summed E-state index contributed by atoms with van der Waals surface area (Å²) >= 11 is 0. The van der Waals surface area contributed by atoms with Crippen molar-refractivity contribution in [1.82, 2.24) is 0 Å². The largest absolute Gasteiger partial charge is 0.462 e. The molecule has 6 heteroatoms. The number of hydrogen-bond donors (Lipinski definition) is 0. The summed E-state index contributed by atoms with van der Waals surface area (Å²) < 4.78 is 16.9. The number of rotatable bonds is 59. The Morgan fingerprint density at radius 1 is 0.264 bits per heavy atom. The minimum Gasteiger partial charge on any atom is -0.462 e. The second-order valence-electron chi connectivity index (χ2n) is 21.7. The number of hydrogen-bond acceptors (Lipinski definition) is 6. The average Bonchev–Trinajstić information content (AvgIpc) is 3.38. The van der Waals surface area contributed by atoms with Crippen molar-refractivity contribution in [3.05, 3.63) is 36.5 Å². The number of unbranched alkanes of at least 4 members (excludes halogenated alkanes) is 42. The molecule has 0 bridgehead atoms. The SMILES string of the molecule is CCCCCCCC/C=C/CCCCCCCCCCC(=O)OCC(COC(=O)CCCCCCCCCC/C=C/CCCCCCCC)OC(=O)CCCCCCCCCC/C=C/CCCCCCCC. The van der Waals surface area contributed by atoms with E-state index < -0.39 is 6.10 Å². The number of carbonyl (C=O) groups is 3. The van der Waals surface area contributed by atoms with E-state index in [-0.39, 0.29) is 31.1 Å². The highest BCUT2D eigenvalue weighted by molar-refractivity contribution is 5.71. The molecule has 6 nitrogen and oxygen atoms in total. The van der Waals surface area contributed by atoms with Gasteiger partial charge in [0, 0.05) is 19.3 Å². The molecule has 0 fully saturated rings. The van der Waals surface area contributed by atoms with Gasteiger partial charge in [-0.1, -0.05) is 269 Å². The van der Waals surface area contributed by atoms with Crippen LogP contribution in [0.3, 0.4) is 0 Å². The average molecular weight is 1010 g/mol. The first-order chi connectivity index (χ1) is 35.5. The van der Waals surface area contributed by atoms with Gasteiger partial charge >= 0.3 is 17.9 Å². The third-order valence-electron chi connectivity index (χ3n) is 14.3. The monoisotopic (exact) mass is 1010 g/mol. The molecular formula is C66H122O6. The Morgan fingerprint density at radius 2 is 0.458 bits per heavy atom. The molecule has 0 saturated carbocycles. The summed E-state index contributed by atoms with van der Waals surface area (Å²) in [5, 5.41) is 0. The molecule has 0 aliphatic rings. The normalized spacial score (nSPS) is 11.8. The van der Waals surface area contributed by atoms with Crippen LogP contribution in [0.25, 0.3) is 0 Å². The quantitative estimate of drug-likeness (QED) is 0.0261. The molecule has 0 atom stereocenters. The summed E-state index contributed by atoms with van der Waals surface area (Å²) in [5.41, 5.74) is 0. The zero-order valence-corrected chi connectivity index (χ0v) is 48.5. The first-order valence-corrected chi connectivity index (χ1v) is 32.0. The lowest BCUT2D eigenvalue weighted by Crippen LogP contribution is -2.30. The van der Waals surface area contributed by atoms with Gasteiger partial charge in [0.1, 0.15) is 13.2 Å². The molecular weight excluding hydrogens is 889 g/mol. The second-order valence-corrected chi connectivity index (χ2v) is 21.7. The minimum absolute atomic E-state index is 0.0729. The molecule has 0 spiro atoms. The van der Waals surface area contributed by atoms with Crippen molar-refractivity contribution in [3.63, 3.8) is 0 Å². The van der Waals surface area contributed by atoms with E-state index in [0.717, 1.165) is 57.8 Å². The fourth-order valence-electron chi connectivity index (χ4n) is 9.49. The maximum Gasteiger partial charge on any atom is 0.306 e. The lowest BCUT2D eigenvalue weighted by atomic mass is 10.1. The van der Waals surface area contributed by atoms with Crippen LogP contribution in [0.5, 0.6) is 0 Å². The van der Waals surface area contributed by atoms with Crippen LogP contribution < -0.4 is 0 Å². The Morgan fingerprint density at radius 3 is 0.694 bits per heavy atom. The van der Waals surface area contributed by atoms with Gasteiger partial charge in [-0.25, -0.2) is 0 Å². The highest BCUT2D eigenvalue weighted by atomic mass is 16.6. The van der Waals surface area contributed by atoms with Gasteiger partial charge in [-0.15, -0.1) is 0 Å². The molecule has 0 rings (SSSR count). The Balaban J connectivity index is 4.35. The van der Waals surface area contributed by atoms with E-state index in [4.69, 9.17) is 14.2 Å². The Hall–Kier alpha value is -2.37. The van der Waals surface area contributed by atoms with Crippen LogP contribution in [0.4, 0.5) is 0 Å². The Labute approximate surface area is 448 Å². The number of allylic oxidation sites excluding steroid dienone is 6. The smallest absolute Gasteiger partial charge is 0.306 e.